The molecular formula is C100H132N9+3. The summed E-state index contributed by atoms with van der Waals surface area (Å²) in [5.74, 6) is 0. The fourth-order valence-electron chi connectivity index (χ4n) is 13.6. The third-order valence-corrected chi connectivity index (χ3v) is 19.7. The number of anilines is 8. The Kier molecular flexibility index (Phi) is 30.8. The SMILES string of the molecule is C.C.C.C.C.C.CCc1ccc(-c2ccccc2C)[n+](C)c1.Cc1ccccc1N1C=CN(c2ccccc2)C1C.Cc1ccccc1N1c2ccccc2N(C)C1C.[2H]C([2H])(C)c1cc[n+](C)c(-c2ccccc2C)c1.[2H]C([2H])(C)c1ccc(-c2ccccc2C)[n+](C)c1.[2H]C([2H])([2H])N1c2ccccc2N(c2ccccc2C)C1C. The lowest BCUT2D eigenvalue weighted by Gasteiger charge is -2.30. The lowest BCUT2D eigenvalue weighted by molar-refractivity contribution is -0.660. The number of benzene rings is 9. The Hall–Kier alpha value is -11.0. The molecule has 3 aromatic heterocycles. The molecule has 0 amide bonds. The van der Waals surface area contributed by atoms with E-state index in [1.54, 1.807) is 13.8 Å². The van der Waals surface area contributed by atoms with Crippen molar-refractivity contribution in [3.05, 3.63) is 342 Å². The standard InChI is InChI=1S/C17H18N2.2C16H18N2.3C15H18N.6CH4/c1-14-8-6-7-11-17(14)19-13-12-18(15(19)2)16-9-4-3-5-10-16;2*1-12-8-4-5-9-14(12)18-13(2)17(3)15-10-6-7-11-16(15)18;1-4-13-9-10-16(3)15(11-13)14-8-6-5-7-12(14)2;2*1-4-13-9-10-15(16(3)11-13)14-8-6-5-7-12(14)2;;;;;;/h3-13,15H,1-2H3;2*4-11,13H,1-3H3;3*5-11H,4H2,1-3H3;6*1H4/q;;;3*+1;;;;;;/i;3D3;;2*4D2;;;;;;;. The molecule has 574 valence electrons. The lowest BCUT2D eigenvalue weighted by atomic mass is 10.0. The summed E-state index contributed by atoms with van der Waals surface area (Å²) >= 11 is 0. The average molecular weight is 1470 g/mol. The van der Waals surface area contributed by atoms with Crippen molar-refractivity contribution in [2.45, 2.75) is 165 Å². The highest BCUT2D eigenvalue weighted by molar-refractivity contribution is 5.85. The molecule has 3 unspecified atom stereocenters. The fraction of sp³-hybridized carbons (Fsp3) is 0.290. The van der Waals surface area contributed by atoms with Crippen LogP contribution >= 0.6 is 0 Å². The van der Waals surface area contributed by atoms with Gasteiger partial charge in [0.1, 0.15) is 39.6 Å². The minimum atomic E-state index is -2.16. The van der Waals surface area contributed by atoms with Crippen molar-refractivity contribution in [2.24, 2.45) is 21.1 Å². The van der Waals surface area contributed by atoms with Gasteiger partial charge in [0.25, 0.3) is 0 Å². The minimum absolute atomic E-state index is 0. The number of nitrogens with zero attached hydrogens (tertiary/aromatic N) is 9. The Morgan fingerprint density at radius 2 is 0.679 bits per heavy atom. The van der Waals surface area contributed by atoms with Gasteiger partial charge in [-0.1, -0.05) is 217 Å². The van der Waals surface area contributed by atoms with Gasteiger partial charge in [0, 0.05) is 111 Å². The summed E-state index contributed by atoms with van der Waals surface area (Å²) in [5, 5.41) is 0. The van der Waals surface area contributed by atoms with E-state index in [0.29, 0.717) is 23.5 Å². The van der Waals surface area contributed by atoms with Gasteiger partial charge in [-0.25, -0.2) is 13.7 Å². The van der Waals surface area contributed by atoms with Gasteiger partial charge in [0.15, 0.2) is 18.6 Å². The van der Waals surface area contributed by atoms with Gasteiger partial charge in [-0.2, -0.15) is 0 Å². The van der Waals surface area contributed by atoms with Crippen molar-refractivity contribution in [3.63, 3.8) is 0 Å². The Labute approximate surface area is 670 Å². The highest BCUT2D eigenvalue weighted by Gasteiger charge is 2.33. The van der Waals surface area contributed by atoms with Gasteiger partial charge < -0.3 is 29.4 Å². The van der Waals surface area contributed by atoms with E-state index in [9.17, 15) is 0 Å². The van der Waals surface area contributed by atoms with Crippen LogP contribution in [-0.2, 0) is 40.3 Å². The summed E-state index contributed by atoms with van der Waals surface area (Å²) in [6.45, 7) is 22.3. The molecule has 3 aliphatic rings. The predicted molar refractivity (Wildman–Crippen MR) is 478 cm³/mol. The van der Waals surface area contributed by atoms with E-state index in [-0.39, 0.29) is 50.7 Å². The van der Waals surface area contributed by atoms with E-state index in [2.05, 4.69) is 275 Å². The third-order valence-electron chi connectivity index (χ3n) is 19.7. The van der Waals surface area contributed by atoms with Gasteiger partial charge in [-0.3, -0.25) is 0 Å². The molecular weight excluding hydrogens is 1330 g/mol. The van der Waals surface area contributed by atoms with Gasteiger partial charge in [-0.05, 0) is 205 Å². The van der Waals surface area contributed by atoms with Crippen LogP contribution in [0.2, 0.25) is 0 Å². The van der Waals surface area contributed by atoms with Gasteiger partial charge in [-0.15, -0.1) is 0 Å². The fourth-order valence-corrected chi connectivity index (χ4v) is 13.6. The molecule has 15 rings (SSSR count). The number of hydrogen-bond acceptors (Lipinski definition) is 6. The molecule has 109 heavy (non-hydrogen) atoms. The van der Waals surface area contributed by atoms with Crippen LogP contribution in [0.5, 0.6) is 0 Å². The van der Waals surface area contributed by atoms with Crippen molar-refractivity contribution in [1.82, 2.24) is 0 Å². The van der Waals surface area contributed by atoms with Crippen molar-refractivity contribution < 1.29 is 23.3 Å². The van der Waals surface area contributed by atoms with Gasteiger partial charge >= 0.3 is 0 Å². The number of hydrogen-bond donors (Lipinski definition) is 0. The van der Waals surface area contributed by atoms with Crippen molar-refractivity contribution in [2.75, 3.05) is 43.4 Å². The van der Waals surface area contributed by atoms with E-state index in [0.717, 1.165) is 46.0 Å². The van der Waals surface area contributed by atoms with Crippen LogP contribution in [0.3, 0.4) is 0 Å². The first-order valence-electron chi connectivity index (χ1n) is 39.3. The summed E-state index contributed by atoms with van der Waals surface area (Å²) in [5.41, 5.74) is 26.4. The van der Waals surface area contributed by atoms with Crippen LogP contribution in [-0.4, -0.2) is 32.5 Å². The Balaban J connectivity index is 0.000000290. The molecule has 0 saturated heterocycles. The first-order chi connectivity index (χ1) is 52.4. The summed E-state index contributed by atoms with van der Waals surface area (Å²) in [6, 6.07) is 88.8. The van der Waals surface area contributed by atoms with E-state index in [4.69, 9.17) is 9.60 Å². The maximum absolute atomic E-state index is 7.83. The highest BCUT2D eigenvalue weighted by atomic mass is 15.4. The van der Waals surface area contributed by atoms with E-state index >= 15 is 0 Å². The summed E-state index contributed by atoms with van der Waals surface area (Å²) in [7, 11) is 8.20. The molecule has 9 nitrogen and oxygen atoms in total. The van der Waals surface area contributed by atoms with Gasteiger partial charge in [0.05, 0.1) is 22.7 Å². The molecule has 0 aliphatic carbocycles. The number of aromatic nitrogens is 3. The zero-order chi connectivity index (χ0) is 79.4. The molecule has 0 spiro atoms. The smallest absolute Gasteiger partial charge is 0.212 e. The summed E-state index contributed by atoms with van der Waals surface area (Å²) < 4.78 is 60.8. The molecule has 0 fully saturated rings. The summed E-state index contributed by atoms with van der Waals surface area (Å²) in [4.78, 5) is 12.9. The van der Waals surface area contributed by atoms with Crippen molar-refractivity contribution in [1.29, 1.82) is 0 Å². The Bertz CT molecular complexity index is 5130. The monoisotopic (exact) mass is 1470 g/mol. The molecule has 0 saturated carbocycles. The lowest BCUT2D eigenvalue weighted by Crippen LogP contribution is -2.36. The first-order valence-corrected chi connectivity index (χ1v) is 35.8. The zero-order valence-corrected chi connectivity index (χ0v) is 63.2. The first kappa shape index (κ1) is 79.0. The maximum atomic E-state index is 7.83. The van der Waals surface area contributed by atoms with Crippen LogP contribution in [0, 0.1) is 41.5 Å². The number of pyridine rings is 3. The predicted octanol–water partition coefficient (Wildman–Crippen LogP) is 25.0. The van der Waals surface area contributed by atoms with Crippen LogP contribution in [0.4, 0.5) is 45.5 Å². The molecule has 9 aromatic carbocycles. The van der Waals surface area contributed by atoms with Crippen molar-refractivity contribution >= 4 is 45.5 Å². The topological polar surface area (TPSA) is 31.1 Å². The van der Waals surface area contributed by atoms with Crippen LogP contribution < -0.4 is 43.1 Å². The average Bonchev–Trinajstić information content (AvgIpc) is 1.60. The number of fused-ring (bicyclic) bond motifs is 2. The molecule has 0 N–H and O–H groups in total. The molecule has 3 aliphatic heterocycles. The summed E-state index contributed by atoms with van der Waals surface area (Å²) in [6.07, 6.45) is 9.15. The minimum Gasteiger partial charge on any atom is -0.353 e. The number of para-hydroxylation sites is 8. The number of aryl methyl sites for hydroxylation is 12. The van der Waals surface area contributed by atoms with E-state index in [1.807, 2.05) is 153 Å². The molecule has 9 heteroatoms. The highest BCUT2D eigenvalue weighted by Crippen LogP contribution is 2.45. The second-order valence-corrected chi connectivity index (χ2v) is 26.6. The second kappa shape index (κ2) is 42.5. The second-order valence-electron chi connectivity index (χ2n) is 26.6. The Morgan fingerprint density at radius 3 is 1.09 bits per heavy atom. The quantitative estimate of drug-likeness (QED) is 0.127. The Morgan fingerprint density at radius 1 is 0.330 bits per heavy atom. The maximum Gasteiger partial charge on any atom is 0.212 e. The van der Waals surface area contributed by atoms with Crippen molar-refractivity contribution in [3.8, 4) is 33.8 Å². The largest absolute Gasteiger partial charge is 0.353 e. The third kappa shape index (κ3) is 21.2. The molecule has 0 bridgehead atoms. The van der Waals surface area contributed by atoms with E-state index < -0.39 is 19.7 Å². The normalized spacial score (nSPS) is 15.0. The van der Waals surface area contributed by atoms with Crippen LogP contribution in [0.1, 0.15) is 146 Å². The zero-order valence-electron chi connectivity index (χ0n) is 70.2. The molecule has 6 heterocycles. The van der Waals surface area contributed by atoms with E-state index in [1.165, 1.54) is 83.5 Å². The van der Waals surface area contributed by atoms with Crippen LogP contribution in [0.15, 0.2) is 292 Å². The molecule has 12 aromatic rings. The number of rotatable bonds is 10. The molecule has 3 atom stereocenters. The van der Waals surface area contributed by atoms with Gasteiger partial charge in [0.2, 0.25) is 17.1 Å². The molecule has 0 radical (unpaired) electrons. The van der Waals surface area contributed by atoms with Crippen LogP contribution in [0.25, 0.3) is 33.8 Å².